The van der Waals surface area contributed by atoms with Crippen LogP contribution in [0.4, 0.5) is 5.69 Å². The molecule has 2 amide bonds. The third kappa shape index (κ3) is 5.32. The molecule has 0 heterocycles. The molecule has 1 N–H and O–H groups in total. The van der Waals surface area contributed by atoms with Gasteiger partial charge in [0.15, 0.2) is 16.4 Å². The quantitative estimate of drug-likeness (QED) is 0.830. The number of rotatable bonds is 6. The Morgan fingerprint density at radius 1 is 1.08 bits per heavy atom. The number of ether oxygens (including phenoxy) is 1. The third-order valence-electron chi connectivity index (χ3n) is 3.50. The monoisotopic (exact) mass is 376 g/mol. The molecule has 0 aromatic heterocycles. The summed E-state index contributed by atoms with van der Waals surface area (Å²) in [6.07, 6.45) is 1.09. The first-order chi connectivity index (χ1) is 12.2. The molecule has 0 atom stereocenters. The first-order valence-corrected chi connectivity index (χ1v) is 9.60. The Bertz CT molecular complexity index is 905. The van der Waals surface area contributed by atoms with Crippen LogP contribution in [0.1, 0.15) is 10.4 Å². The van der Waals surface area contributed by atoms with Gasteiger partial charge >= 0.3 is 0 Å². The summed E-state index contributed by atoms with van der Waals surface area (Å²) < 4.78 is 28.5. The smallest absolute Gasteiger partial charge is 0.259 e. The number of benzene rings is 2. The first-order valence-electron chi connectivity index (χ1n) is 7.71. The van der Waals surface area contributed by atoms with Crippen molar-refractivity contribution < 1.29 is 22.7 Å². The molecular formula is C18H20N2O5S. The van der Waals surface area contributed by atoms with E-state index in [0.717, 1.165) is 6.26 Å². The SMILES string of the molecule is CN(C)C(=O)COc1ccc(NC(=O)c2cccc(S(C)(=O)=O)c2)cc1. The number of nitrogens with one attached hydrogen (secondary N) is 1. The summed E-state index contributed by atoms with van der Waals surface area (Å²) in [5.74, 6) is -0.0858. The van der Waals surface area contributed by atoms with E-state index in [1.165, 1.54) is 29.2 Å². The van der Waals surface area contributed by atoms with Crippen LogP contribution in [0.15, 0.2) is 53.4 Å². The molecule has 138 valence electrons. The number of sulfone groups is 1. The summed E-state index contributed by atoms with van der Waals surface area (Å²) in [5.41, 5.74) is 0.760. The highest BCUT2D eigenvalue weighted by atomic mass is 32.2. The lowest BCUT2D eigenvalue weighted by atomic mass is 10.2. The summed E-state index contributed by atoms with van der Waals surface area (Å²) in [6, 6.07) is 12.3. The fourth-order valence-corrected chi connectivity index (χ4v) is 2.65. The van der Waals surface area contributed by atoms with Crippen molar-refractivity contribution in [1.29, 1.82) is 0 Å². The zero-order valence-electron chi connectivity index (χ0n) is 14.7. The van der Waals surface area contributed by atoms with Gasteiger partial charge in [-0.15, -0.1) is 0 Å². The van der Waals surface area contributed by atoms with E-state index in [1.54, 1.807) is 38.4 Å². The van der Waals surface area contributed by atoms with E-state index in [-0.39, 0.29) is 23.0 Å². The fraction of sp³-hybridized carbons (Fsp3) is 0.222. The van der Waals surface area contributed by atoms with E-state index in [9.17, 15) is 18.0 Å². The van der Waals surface area contributed by atoms with Crippen molar-refractivity contribution in [2.24, 2.45) is 0 Å². The molecule has 7 nitrogen and oxygen atoms in total. The molecule has 0 spiro atoms. The summed E-state index contributed by atoms with van der Waals surface area (Å²) in [7, 11) is -0.100. The highest BCUT2D eigenvalue weighted by Gasteiger charge is 2.12. The topological polar surface area (TPSA) is 92.8 Å². The Morgan fingerprint density at radius 3 is 2.31 bits per heavy atom. The van der Waals surface area contributed by atoms with Gasteiger partial charge in [0.2, 0.25) is 0 Å². The van der Waals surface area contributed by atoms with Gasteiger partial charge in [-0.1, -0.05) is 6.07 Å². The van der Waals surface area contributed by atoms with Gasteiger partial charge in [-0.05, 0) is 42.5 Å². The predicted octanol–water partition coefficient (Wildman–Crippen LogP) is 1.81. The largest absolute Gasteiger partial charge is 0.484 e. The van der Waals surface area contributed by atoms with Gasteiger partial charge in [-0.25, -0.2) is 8.42 Å². The van der Waals surface area contributed by atoms with Crippen molar-refractivity contribution in [3.05, 3.63) is 54.1 Å². The van der Waals surface area contributed by atoms with Crippen molar-refractivity contribution in [2.75, 3.05) is 32.3 Å². The van der Waals surface area contributed by atoms with Crippen molar-refractivity contribution in [3.8, 4) is 5.75 Å². The van der Waals surface area contributed by atoms with E-state index in [0.29, 0.717) is 11.4 Å². The van der Waals surface area contributed by atoms with Crippen molar-refractivity contribution >= 4 is 27.3 Å². The van der Waals surface area contributed by atoms with Crippen LogP contribution >= 0.6 is 0 Å². The van der Waals surface area contributed by atoms with Gasteiger partial charge < -0.3 is 15.0 Å². The van der Waals surface area contributed by atoms with Crippen LogP contribution in [-0.4, -0.2) is 52.1 Å². The predicted molar refractivity (Wildman–Crippen MR) is 98.1 cm³/mol. The highest BCUT2D eigenvalue weighted by molar-refractivity contribution is 7.90. The minimum absolute atomic E-state index is 0.0724. The molecule has 8 heteroatoms. The summed E-state index contributed by atoms with van der Waals surface area (Å²) >= 11 is 0. The van der Waals surface area contributed by atoms with E-state index in [1.807, 2.05) is 0 Å². The van der Waals surface area contributed by atoms with Gasteiger partial charge in [0, 0.05) is 31.6 Å². The maximum Gasteiger partial charge on any atom is 0.259 e. The van der Waals surface area contributed by atoms with Crippen molar-refractivity contribution in [2.45, 2.75) is 4.90 Å². The van der Waals surface area contributed by atoms with Crippen molar-refractivity contribution in [1.82, 2.24) is 4.90 Å². The lowest BCUT2D eigenvalue weighted by molar-refractivity contribution is -0.130. The maximum atomic E-state index is 12.3. The lowest BCUT2D eigenvalue weighted by Crippen LogP contribution is -2.27. The van der Waals surface area contributed by atoms with Crippen LogP contribution in [0, 0.1) is 0 Å². The van der Waals surface area contributed by atoms with Gasteiger partial charge in [0.25, 0.3) is 11.8 Å². The molecule has 26 heavy (non-hydrogen) atoms. The zero-order valence-corrected chi connectivity index (χ0v) is 15.5. The maximum absolute atomic E-state index is 12.3. The number of nitrogens with zero attached hydrogens (tertiary/aromatic N) is 1. The molecule has 0 saturated heterocycles. The van der Waals surface area contributed by atoms with Gasteiger partial charge in [0.1, 0.15) is 5.75 Å². The average Bonchev–Trinajstić information content (AvgIpc) is 2.60. The molecule has 2 rings (SSSR count). The number of hydrogen-bond acceptors (Lipinski definition) is 5. The van der Waals surface area contributed by atoms with Crippen LogP contribution < -0.4 is 10.1 Å². The Kier molecular flexibility index (Phi) is 5.99. The summed E-state index contributed by atoms with van der Waals surface area (Å²) in [4.78, 5) is 25.3. The number of carbonyl (C=O) groups is 2. The summed E-state index contributed by atoms with van der Waals surface area (Å²) in [6.45, 7) is -0.0724. The third-order valence-corrected chi connectivity index (χ3v) is 4.61. The lowest BCUT2D eigenvalue weighted by Gasteiger charge is -2.12. The Morgan fingerprint density at radius 2 is 1.73 bits per heavy atom. The van der Waals surface area contributed by atoms with E-state index in [2.05, 4.69) is 5.32 Å². The highest BCUT2D eigenvalue weighted by Crippen LogP contribution is 2.17. The standard InChI is InChI=1S/C18H20N2O5S/c1-20(2)17(21)12-25-15-9-7-14(8-10-15)19-18(22)13-5-4-6-16(11-13)26(3,23)24/h4-11H,12H2,1-3H3,(H,19,22). The second-order valence-electron chi connectivity index (χ2n) is 5.86. The molecule has 2 aromatic rings. The van der Waals surface area contributed by atoms with Gasteiger partial charge in [-0.3, -0.25) is 9.59 Å². The first kappa shape index (κ1) is 19.5. The number of amides is 2. The minimum Gasteiger partial charge on any atom is -0.484 e. The van der Waals surface area contributed by atoms with Crippen LogP contribution in [0.3, 0.4) is 0 Å². The van der Waals surface area contributed by atoms with E-state index >= 15 is 0 Å². The van der Waals surface area contributed by atoms with Crippen LogP contribution in [0.25, 0.3) is 0 Å². The number of anilines is 1. The molecule has 0 aliphatic carbocycles. The molecule has 0 saturated carbocycles. The molecular weight excluding hydrogens is 356 g/mol. The average molecular weight is 376 g/mol. The molecule has 2 aromatic carbocycles. The van der Waals surface area contributed by atoms with E-state index in [4.69, 9.17) is 4.74 Å². The van der Waals surface area contributed by atoms with Crippen LogP contribution in [0.2, 0.25) is 0 Å². The molecule has 0 aliphatic rings. The van der Waals surface area contributed by atoms with Crippen LogP contribution in [0.5, 0.6) is 5.75 Å². The number of carbonyl (C=O) groups excluding carboxylic acids is 2. The van der Waals surface area contributed by atoms with Gasteiger partial charge in [0.05, 0.1) is 4.90 Å². The molecule has 0 radical (unpaired) electrons. The number of hydrogen-bond donors (Lipinski definition) is 1. The van der Waals surface area contributed by atoms with Crippen molar-refractivity contribution in [3.63, 3.8) is 0 Å². The van der Waals surface area contributed by atoms with E-state index < -0.39 is 15.7 Å². The normalized spacial score (nSPS) is 10.9. The zero-order chi connectivity index (χ0) is 19.3. The second kappa shape index (κ2) is 8.01. The Labute approximate surface area is 152 Å². The second-order valence-corrected chi connectivity index (χ2v) is 7.87. The fourth-order valence-electron chi connectivity index (χ4n) is 1.98. The molecule has 0 aliphatic heterocycles. The van der Waals surface area contributed by atoms with Crippen LogP contribution in [-0.2, 0) is 14.6 Å². The Balaban J connectivity index is 2.03. The minimum atomic E-state index is -3.38. The van der Waals surface area contributed by atoms with Gasteiger partial charge in [-0.2, -0.15) is 0 Å². The molecule has 0 fully saturated rings. The molecule has 0 unspecified atom stereocenters. The Hall–Kier alpha value is -2.87. The summed E-state index contributed by atoms with van der Waals surface area (Å²) in [5, 5.41) is 2.68. The molecule has 0 bridgehead atoms. The number of likely N-dealkylation sites (N-methyl/N-ethyl adjacent to an activating group) is 1.